The van der Waals surface area contributed by atoms with E-state index in [9.17, 15) is 0 Å². The number of hydrogen-bond donors (Lipinski definition) is 2. The molecule has 0 bridgehead atoms. The Bertz CT molecular complexity index is 126. The highest BCUT2D eigenvalue weighted by molar-refractivity contribution is 4.69. The molecule has 1 atom stereocenters. The van der Waals surface area contributed by atoms with Gasteiger partial charge in [-0.1, -0.05) is 32.6 Å². The molecule has 14 heavy (non-hydrogen) atoms. The van der Waals surface area contributed by atoms with Crippen molar-refractivity contribution in [2.75, 3.05) is 19.6 Å². The molecule has 0 amide bonds. The Morgan fingerprint density at radius 2 is 2.00 bits per heavy atom. The molecular formula is C12H26N2. The number of rotatable bonds is 6. The molecule has 0 spiro atoms. The van der Waals surface area contributed by atoms with Gasteiger partial charge in [0.15, 0.2) is 0 Å². The quantitative estimate of drug-likeness (QED) is 0.686. The van der Waals surface area contributed by atoms with Gasteiger partial charge in [0, 0.05) is 0 Å². The monoisotopic (exact) mass is 198 g/mol. The summed E-state index contributed by atoms with van der Waals surface area (Å²) >= 11 is 0. The number of hydrogen-bond acceptors (Lipinski definition) is 2. The molecule has 0 aromatic heterocycles. The third-order valence-electron chi connectivity index (χ3n) is 3.50. The van der Waals surface area contributed by atoms with Gasteiger partial charge in [0.1, 0.15) is 0 Å². The molecule has 1 fully saturated rings. The SMILES string of the molecule is CCC(CN)CNCC1CCCCC1. The lowest BCUT2D eigenvalue weighted by molar-refractivity contribution is 0.331. The lowest BCUT2D eigenvalue weighted by Gasteiger charge is -2.23. The number of nitrogens with one attached hydrogen (secondary N) is 1. The minimum Gasteiger partial charge on any atom is -0.330 e. The van der Waals surface area contributed by atoms with Crippen LogP contribution in [0, 0.1) is 11.8 Å². The Kier molecular flexibility index (Phi) is 6.20. The van der Waals surface area contributed by atoms with Crippen LogP contribution in [0.3, 0.4) is 0 Å². The first kappa shape index (κ1) is 12.0. The second kappa shape index (κ2) is 7.24. The smallest absolute Gasteiger partial charge is 0.000845 e. The second-order valence-electron chi connectivity index (χ2n) is 4.67. The Balaban J connectivity index is 2.01. The summed E-state index contributed by atoms with van der Waals surface area (Å²) < 4.78 is 0. The first-order valence-corrected chi connectivity index (χ1v) is 6.27. The molecular weight excluding hydrogens is 172 g/mol. The summed E-state index contributed by atoms with van der Waals surface area (Å²) in [6, 6.07) is 0. The van der Waals surface area contributed by atoms with E-state index < -0.39 is 0 Å². The second-order valence-corrected chi connectivity index (χ2v) is 4.67. The van der Waals surface area contributed by atoms with E-state index >= 15 is 0 Å². The van der Waals surface area contributed by atoms with Gasteiger partial charge in [-0.2, -0.15) is 0 Å². The van der Waals surface area contributed by atoms with Crippen molar-refractivity contribution in [2.24, 2.45) is 17.6 Å². The van der Waals surface area contributed by atoms with Gasteiger partial charge < -0.3 is 11.1 Å². The summed E-state index contributed by atoms with van der Waals surface area (Å²) in [5, 5.41) is 3.58. The van der Waals surface area contributed by atoms with Crippen molar-refractivity contribution < 1.29 is 0 Å². The summed E-state index contributed by atoms with van der Waals surface area (Å²) in [4.78, 5) is 0. The maximum atomic E-state index is 5.66. The average Bonchev–Trinajstić information content (AvgIpc) is 2.26. The molecule has 0 radical (unpaired) electrons. The topological polar surface area (TPSA) is 38.0 Å². The van der Waals surface area contributed by atoms with Gasteiger partial charge in [0.25, 0.3) is 0 Å². The van der Waals surface area contributed by atoms with Crippen LogP contribution in [0.2, 0.25) is 0 Å². The van der Waals surface area contributed by atoms with Crippen LogP contribution in [0.15, 0.2) is 0 Å². The normalized spacial score (nSPS) is 21.0. The van der Waals surface area contributed by atoms with Gasteiger partial charge in [0.2, 0.25) is 0 Å². The maximum absolute atomic E-state index is 5.66. The molecule has 0 aromatic rings. The summed E-state index contributed by atoms with van der Waals surface area (Å²) in [5.41, 5.74) is 5.66. The minimum atomic E-state index is 0.679. The van der Waals surface area contributed by atoms with Crippen LogP contribution in [-0.2, 0) is 0 Å². The van der Waals surface area contributed by atoms with Crippen LogP contribution in [0.4, 0.5) is 0 Å². The molecule has 0 saturated heterocycles. The van der Waals surface area contributed by atoms with Gasteiger partial charge >= 0.3 is 0 Å². The fourth-order valence-corrected chi connectivity index (χ4v) is 2.28. The molecule has 0 heterocycles. The fraction of sp³-hybridized carbons (Fsp3) is 1.00. The van der Waals surface area contributed by atoms with Crippen LogP contribution in [-0.4, -0.2) is 19.6 Å². The molecule has 0 aromatic carbocycles. The Labute approximate surface area is 88.6 Å². The standard InChI is InChI=1S/C12H26N2/c1-2-11(8-13)9-14-10-12-6-4-3-5-7-12/h11-12,14H,2-10,13H2,1H3. The highest BCUT2D eigenvalue weighted by atomic mass is 14.9. The molecule has 1 rings (SSSR count). The van der Waals surface area contributed by atoms with E-state index in [0.717, 1.165) is 19.0 Å². The van der Waals surface area contributed by atoms with Crippen molar-refractivity contribution in [1.82, 2.24) is 5.32 Å². The third kappa shape index (κ3) is 4.43. The molecule has 2 heteroatoms. The lowest BCUT2D eigenvalue weighted by atomic mass is 9.89. The van der Waals surface area contributed by atoms with Crippen molar-refractivity contribution >= 4 is 0 Å². The zero-order valence-electron chi connectivity index (χ0n) is 9.60. The van der Waals surface area contributed by atoms with Gasteiger partial charge in [-0.3, -0.25) is 0 Å². The van der Waals surface area contributed by atoms with Crippen molar-refractivity contribution in [2.45, 2.75) is 45.4 Å². The first-order valence-electron chi connectivity index (χ1n) is 6.27. The fourth-order valence-electron chi connectivity index (χ4n) is 2.28. The van der Waals surface area contributed by atoms with E-state index in [2.05, 4.69) is 12.2 Å². The molecule has 1 unspecified atom stereocenters. The van der Waals surface area contributed by atoms with Crippen molar-refractivity contribution in [1.29, 1.82) is 0 Å². The lowest BCUT2D eigenvalue weighted by Crippen LogP contribution is -2.32. The first-order chi connectivity index (χ1) is 6.86. The van der Waals surface area contributed by atoms with Crippen LogP contribution < -0.4 is 11.1 Å². The zero-order valence-corrected chi connectivity index (χ0v) is 9.60. The van der Waals surface area contributed by atoms with Crippen LogP contribution in [0.1, 0.15) is 45.4 Å². The van der Waals surface area contributed by atoms with E-state index in [4.69, 9.17) is 5.73 Å². The zero-order chi connectivity index (χ0) is 10.2. The largest absolute Gasteiger partial charge is 0.330 e. The molecule has 3 N–H and O–H groups in total. The van der Waals surface area contributed by atoms with Crippen molar-refractivity contribution in [3.63, 3.8) is 0 Å². The van der Waals surface area contributed by atoms with E-state index in [1.54, 1.807) is 0 Å². The molecule has 1 aliphatic rings. The third-order valence-corrected chi connectivity index (χ3v) is 3.50. The summed E-state index contributed by atoms with van der Waals surface area (Å²) in [6.07, 6.45) is 8.42. The maximum Gasteiger partial charge on any atom is -0.000845 e. The van der Waals surface area contributed by atoms with Crippen molar-refractivity contribution in [3.05, 3.63) is 0 Å². The molecule has 84 valence electrons. The van der Waals surface area contributed by atoms with Gasteiger partial charge in [-0.25, -0.2) is 0 Å². The Morgan fingerprint density at radius 3 is 2.57 bits per heavy atom. The predicted molar refractivity (Wildman–Crippen MR) is 62.3 cm³/mol. The van der Waals surface area contributed by atoms with Crippen LogP contribution in [0.5, 0.6) is 0 Å². The molecule has 2 nitrogen and oxygen atoms in total. The predicted octanol–water partition coefficient (Wildman–Crippen LogP) is 2.14. The van der Waals surface area contributed by atoms with E-state index in [1.165, 1.54) is 45.1 Å². The Morgan fingerprint density at radius 1 is 1.29 bits per heavy atom. The molecule has 0 aliphatic heterocycles. The Hall–Kier alpha value is -0.0800. The average molecular weight is 198 g/mol. The van der Waals surface area contributed by atoms with E-state index in [0.29, 0.717) is 5.92 Å². The molecule has 1 saturated carbocycles. The highest BCUT2D eigenvalue weighted by Crippen LogP contribution is 2.22. The van der Waals surface area contributed by atoms with Crippen molar-refractivity contribution in [3.8, 4) is 0 Å². The minimum absolute atomic E-state index is 0.679. The van der Waals surface area contributed by atoms with Crippen LogP contribution >= 0.6 is 0 Å². The number of nitrogens with two attached hydrogens (primary N) is 1. The summed E-state index contributed by atoms with van der Waals surface area (Å²) in [6.45, 7) is 5.38. The van der Waals surface area contributed by atoms with E-state index in [1.807, 2.05) is 0 Å². The summed E-state index contributed by atoms with van der Waals surface area (Å²) in [5.74, 6) is 1.62. The highest BCUT2D eigenvalue weighted by Gasteiger charge is 2.13. The summed E-state index contributed by atoms with van der Waals surface area (Å²) in [7, 11) is 0. The van der Waals surface area contributed by atoms with Gasteiger partial charge in [-0.05, 0) is 44.3 Å². The molecule has 1 aliphatic carbocycles. The van der Waals surface area contributed by atoms with Gasteiger partial charge in [-0.15, -0.1) is 0 Å². The van der Waals surface area contributed by atoms with Gasteiger partial charge in [0.05, 0.1) is 0 Å². The van der Waals surface area contributed by atoms with E-state index in [-0.39, 0.29) is 0 Å². The van der Waals surface area contributed by atoms with Crippen LogP contribution in [0.25, 0.3) is 0 Å².